The van der Waals surface area contributed by atoms with Gasteiger partial charge >= 0.3 is 6.18 Å². The number of nitrogens with zero attached hydrogens (tertiary/aromatic N) is 3. The van der Waals surface area contributed by atoms with E-state index in [1.165, 1.54) is 12.1 Å². The van der Waals surface area contributed by atoms with E-state index >= 15 is 0 Å². The summed E-state index contributed by atoms with van der Waals surface area (Å²) in [5.74, 6) is -0.781. The van der Waals surface area contributed by atoms with E-state index < -0.39 is 28.7 Å². The lowest BCUT2D eigenvalue weighted by molar-refractivity contribution is -0.137. The second-order valence-electron chi connectivity index (χ2n) is 9.98. The summed E-state index contributed by atoms with van der Waals surface area (Å²) in [5, 5.41) is 2.20. The van der Waals surface area contributed by atoms with Gasteiger partial charge in [-0.25, -0.2) is 0 Å². The van der Waals surface area contributed by atoms with Gasteiger partial charge in [0.25, 0.3) is 11.8 Å². The van der Waals surface area contributed by atoms with Crippen molar-refractivity contribution in [1.82, 2.24) is 15.2 Å². The molecule has 1 aliphatic carbocycles. The van der Waals surface area contributed by atoms with E-state index in [0.717, 1.165) is 48.8 Å². The van der Waals surface area contributed by atoms with Crippen molar-refractivity contribution in [2.45, 2.75) is 43.9 Å². The molecule has 0 spiro atoms. The predicted octanol–water partition coefficient (Wildman–Crippen LogP) is 5.91. The molecular formula is C29H28ClF3N4O2. The minimum atomic E-state index is -4.66. The van der Waals surface area contributed by atoms with E-state index in [4.69, 9.17) is 11.6 Å². The Labute approximate surface area is 229 Å². The number of hydrogen-bond donors (Lipinski definition) is 1. The molecule has 0 radical (unpaired) electrons. The Bertz CT molecular complexity index is 1370. The van der Waals surface area contributed by atoms with Crippen LogP contribution >= 0.6 is 11.6 Å². The number of nitrogens with one attached hydrogen (secondary N) is 1. The topological polar surface area (TPSA) is 65.5 Å². The molecule has 1 saturated heterocycles. The largest absolute Gasteiger partial charge is 0.417 e. The Hall–Kier alpha value is -3.59. The second-order valence-corrected chi connectivity index (χ2v) is 10.4. The number of carbonyl (C=O) groups is 2. The number of alkyl halides is 3. The van der Waals surface area contributed by atoms with Gasteiger partial charge in [0.1, 0.15) is 0 Å². The van der Waals surface area contributed by atoms with Gasteiger partial charge in [0.2, 0.25) is 0 Å². The maximum absolute atomic E-state index is 13.4. The quantitative estimate of drug-likeness (QED) is 0.424. The van der Waals surface area contributed by atoms with Crippen molar-refractivity contribution >= 4 is 29.1 Å². The van der Waals surface area contributed by atoms with Crippen LogP contribution in [0.15, 0.2) is 60.9 Å². The van der Waals surface area contributed by atoms with Gasteiger partial charge < -0.3 is 15.1 Å². The van der Waals surface area contributed by atoms with Crippen molar-refractivity contribution in [2.75, 3.05) is 25.0 Å². The van der Waals surface area contributed by atoms with Crippen molar-refractivity contribution in [2.24, 2.45) is 0 Å². The fourth-order valence-corrected chi connectivity index (χ4v) is 5.80. The average Bonchev–Trinajstić information content (AvgIpc) is 3.34. The Balaban J connectivity index is 1.27. The minimum absolute atomic E-state index is 0.0990. The number of carbonyl (C=O) groups excluding carboxylic acids is 2. The molecule has 3 aromatic rings. The lowest BCUT2D eigenvalue weighted by atomic mass is 10.00. The summed E-state index contributed by atoms with van der Waals surface area (Å²) in [6, 6.07) is 12.4. The monoisotopic (exact) mass is 556 g/mol. The number of rotatable bonds is 5. The fraction of sp³-hybridized carbons (Fsp3) is 0.345. The number of pyridine rings is 1. The van der Waals surface area contributed by atoms with Gasteiger partial charge in [-0.05, 0) is 73.2 Å². The van der Waals surface area contributed by atoms with Crippen LogP contribution in [0.4, 0.5) is 18.9 Å². The molecular weight excluding hydrogens is 529 g/mol. The molecule has 1 aliphatic heterocycles. The minimum Gasteiger partial charge on any atom is -0.371 e. The molecule has 39 heavy (non-hydrogen) atoms. The Kier molecular flexibility index (Phi) is 7.53. The van der Waals surface area contributed by atoms with Crippen LogP contribution in [0.25, 0.3) is 0 Å². The highest BCUT2D eigenvalue weighted by Crippen LogP contribution is 2.37. The summed E-state index contributed by atoms with van der Waals surface area (Å²) in [6.07, 6.45) is 1.83. The number of halogens is 4. The third-order valence-corrected chi connectivity index (χ3v) is 8.09. The number of fused-ring (bicyclic) bond motifs is 1. The Morgan fingerprint density at radius 2 is 1.77 bits per heavy atom. The third kappa shape index (κ3) is 5.59. The maximum atomic E-state index is 13.4. The lowest BCUT2D eigenvalue weighted by Gasteiger charge is -2.38. The number of anilines is 1. The van der Waals surface area contributed by atoms with Crippen molar-refractivity contribution in [3.8, 4) is 0 Å². The molecule has 6 nitrogen and oxygen atoms in total. The SMILES string of the molecule is CN(C(=O)c1ccc2c(c1)[C@H](NC(=O)c1cccc(C(F)(F)F)c1Cl)CC2)C1CCN(c2ccncc2)CC1. The number of piperidine rings is 1. The molecule has 0 bridgehead atoms. The first-order valence-corrected chi connectivity index (χ1v) is 13.2. The van der Waals surface area contributed by atoms with Crippen LogP contribution in [0.5, 0.6) is 0 Å². The molecule has 2 amide bonds. The molecule has 1 fully saturated rings. The van der Waals surface area contributed by atoms with Gasteiger partial charge in [0, 0.05) is 49.8 Å². The van der Waals surface area contributed by atoms with Crippen LogP contribution in [-0.2, 0) is 12.6 Å². The van der Waals surface area contributed by atoms with E-state index in [0.29, 0.717) is 18.4 Å². The van der Waals surface area contributed by atoms with Crippen molar-refractivity contribution < 1.29 is 22.8 Å². The summed E-state index contributed by atoms with van der Waals surface area (Å²) in [5.41, 5.74) is 2.16. The van der Waals surface area contributed by atoms with Crippen LogP contribution in [0.3, 0.4) is 0 Å². The summed E-state index contributed by atoms with van der Waals surface area (Å²) >= 11 is 5.96. The van der Waals surface area contributed by atoms with E-state index in [1.807, 2.05) is 25.2 Å². The van der Waals surface area contributed by atoms with Crippen LogP contribution in [-0.4, -0.2) is 47.9 Å². The van der Waals surface area contributed by atoms with Gasteiger partial charge in [-0.3, -0.25) is 14.6 Å². The van der Waals surface area contributed by atoms with Gasteiger partial charge in [-0.15, -0.1) is 0 Å². The molecule has 1 N–H and O–H groups in total. The number of hydrogen-bond acceptors (Lipinski definition) is 4. The van der Waals surface area contributed by atoms with Crippen LogP contribution in [0.2, 0.25) is 5.02 Å². The average molecular weight is 557 g/mol. The van der Waals surface area contributed by atoms with E-state index in [2.05, 4.69) is 15.2 Å². The van der Waals surface area contributed by atoms with Crippen molar-refractivity contribution in [3.05, 3.63) is 93.8 Å². The van der Waals surface area contributed by atoms with Crippen LogP contribution in [0.1, 0.15) is 62.7 Å². The highest BCUT2D eigenvalue weighted by molar-refractivity contribution is 6.34. The Morgan fingerprint density at radius 3 is 2.46 bits per heavy atom. The molecule has 10 heteroatoms. The molecule has 2 aromatic carbocycles. The predicted molar refractivity (Wildman–Crippen MR) is 143 cm³/mol. The zero-order valence-electron chi connectivity index (χ0n) is 21.3. The smallest absolute Gasteiger partial charge is 0.371 e. The molecule has 2 aliphatic rings. The van der Waals surface area contributed by atoms with Gasteiger partial charge in [0.05, 0.1) is 22.2 Å². The highest BCUT2D eigenvalue weighted by atomic mass is 35.5. The lowest BCUT2D eigenvalue weighted by Crippen LogP contribution is -2.45. The zero-order chi connectivity index (χ0) is 27.7. The standard InChI is InChI=1S/C29H28ClF3N4O2/c1-36(20-11-15-37(16-12-20)21-9-13-34-14-10-21)28(39)19-6-5-18-7-8-25(23(18)17-19)35-27(38)22-3-2-4-24(26(22)30)29(31,32)33/h2-6,9-10,13-14,17,20,25H,7-8,11-12,15-16H2,1H3,(H,35,38)/t25-/m1/s1. The molecule has 0 saturated carbocycles. The van der Waals surface area contributed by atoms with Crippen molar-refractivity contribution in [3.63, 3.8) is 0 Å². The Morgan fingerprint density at radius 1 is 1.05 bits per heavy atom. The summed E-state index contributed by atoms with van der Waals surface area (Å²) in [4.78, 5) is 34.5. The number of aromatic nitrogens is 1. The fourth-order valence-electron chi connectivity index (χ4n) is 5.48. The van der Waals surface area contributed by atoms with Gasteiger partial charge in [-0.2, -0.15) is 13.2 Å². The molecule has 1 aromatic heterocycles. The molecule has 1 atom stereocenters. The van der Waals surface area contributed by atoms with E-state index in [1.54, 1.807) is 29.4 Å². The number of amides is 2. The van der Waals surface area contributed by atoms with E-state index in [9.17, 15) is 22.8 Å². The summed E-state index contributed by atoms with van der Waals surface area (Å²) in [7, 11) is 1.82. The van der Waals surface area contributed by atoms with Gasteiger partial charge in [0.15, 0.2) is 0 Å². The molecule has 204 valence electrons. The molecule has 0 unspecified atom stereocenters. The molecule has 2 heterocycles. The van der Waals surface area contributed by atoms with Crippen LogP contribution in [0, 0.1) is 0 Å². The van der Waals surface area contributed by atoms with Crippen LogP contribution < -0.4 is 10.2 Å². The van der Waals surface area contributed by atoms with Crippen molar-refractivity contribution in [1.29, 1.82) is 0 Å². The summed E-state index contributed by atoms with van der Waals surface area (Å²) < 4.78 is 39.8. The molecule has 5 rings (SSSR count). The number of aryl methyl sites for hydroxylation is 1. The zero-order valence-corrected chi connectivity index (χ0v) is 22.1. The first kappa shape index (κ1) is 27.0. The third-order valence-electron chi connectivity index (χ3n) is 7.69. The normalized spacial score (nSPS) is 17.6. The van der Waals surface area contributed by atoms with Gasteiger partial charge in [-0.1, -0.05) is 23.7 Å². The highest BCUT2D eigenvalue weighted by Gasteiger charge is 2.35. The summed E-state index contributed by atoms with van der Waals surface area (Å²) in [6.45, 7) is 1.67. The maximum Gasteiger partial charge on any atom is 0.417 e. The first-order valence-electron chi connectivity index (χ1n) is 12.8. The first-order chi connectivity index (χ1) is 18.6. The number of benzene rings is 2. The van der Waals surface area contributed by atoms with E-state index in [-0.39, 0.29) is 17.5 Å². The second kappa shape index (κ2) is 10.9.